The molecular formula is C13H18F2O6. The smallest absolute Gasteiger partial charge is 0.380 e. The molecule has 0 rings (SSSR count). The molecule has 0 aromatic rings. The maximum Gasteiger partial charge on any atom is 0.380 e. The van der Waals surface area contributed by atoms with Crippen molar-refractivity contribution in [2.75, 3.05) is 13.7 Å². The van der Waals surface area contributed by atoms with E-state index < -0.39 is 42.5 Å². The molecule has 0 spiro atoms. The van der Waals surface area contributed by atoms with Crippen LogP contribution in [0.5, 0.6) is 0 Å². The average molecular weight is 308 g/mol. The highest BCUT2D eigenvalue weighted by Gasteiger charge is 2.52. The highest BCUT2D eigenvalue weighted by molar-refractivity contribution is 5.88. The third-order valence-corrected chi connectivity index (χ3v) is 2.35. The largest absolute Gasteiger partial charge is 0.464 e. The van der Waals surface area contributed by atoms with E-state index in [1.807, 2.05) is 0 Å². The van der Waals surface area contributed by atoms with Crippen LogP contribution < -0.4 is 0 Å². The summed E-state index contributed by atoms with van der Waals surface area (Å²) in [6, 6.07) is 0. The molecule has 0 saturated heterocycles. The molecule has 0 fully saturated rings. The van der Waals surface area contributed by atoms with Gasteiger partial charge in [0.05, 0.1) is 7.11 Å². The van der Waals surface area contributed by atoms with Crippen LogP contribution in [0.1, 0.15) is 20.8 Å². The van der Waals surface area contributed by atoms with Crippen LogP contribution in [0.4, 0.5) is 8.78 Å². The number of methoxy groups -OCH3 is 1. The van der Waals surface area contributed by atoms with Gasteiger partial charge in [-0.2, -0.15) is 8.78 Å². The Morgan fingerprint density at radius 3 is 2.14 bits per heavy atom. The van der Waals surface area contributed by atoms with E-state index in [2.05, 4.69) is 20.8 Å². The number of hydrogen-bond acceptors (Lipinski definition) is 6. The molecule has 0 N–H and O–H groups in total. The molecule has 120 valence electrons. The highest BCUT2D eigenvalue weighted by atomic mass is 19.3. The lowest BCUT2D eigenvalue weighted by Gasteiger charge is -2.27. The fourth-order valence-corrected chi connectivity index (χ4v) is 1.30. The van der Waals surface area contributed by atoms with Crippen LogP contribution in [0, 0.1) is 5.92 Å². The SMILES string of the molecule is C=C(C)C(=O)OCC(=O)OC(C(C)C)C(F)(F)C(=O)OC. The monoisotopic (exact) mass is 308 g/mol. The van der Waals surface area contributed by atoms with Crippen LogP contribution in [0.2, 0.25) is 0 Å². The molecule has 0 bridgehead atoms. The molecule has 0 heterocycles. The van der Waals surface area contributed by atoms with Crippen molar-refractivity contribution in [1.82, 2.24) is 0 Å². The van der Waals surface area contributed by atoms with Crippen molar-refractivity contribution in [3.05, 3.63) is 12.2 Å². The van der Waals surface area contributed by atoms with Crippen LogP contribution in [0.15, 0.2) is 12.2 Å². The molecule has 0 aliphatic heterocycles. The normalized spacial score (nSPS) is 12.5. The van der Waals surface area contributed by atoms with Crippen molar-refractivity contribution in [3.8, 4) is 0 Å². The first-order valence-electron chi connectivity index (χ1n) is 6.02. The van der Waals surface area contributed by atoms with Crippen LogP contribution in [-0.4, -0.2) is 43.7 Å². The Morgan fingerprint density at radius 1 is 1.24 bits per heavy atom. The molecule has 0 saturated carbocycles. The molecule has 1 atom stereocenters. The zero-order valence-corrected chi connectivity index (χ0v) is 12.3. The number of alkyl halides is 2. The summed E-state index contributed by atoms with van der Waals surface area (Å²) in [4.78, 5) is 33.6. The molecule has 8 heteroatoms. The molecule has 21 heavy (non-hydrogen) atoms. The van der Waals surface area contributed by atoms with Gasteiger partial charge in [-0.3, -0.25) is 0 Å². The standard InChI is InChI=1S/C13H18F2O6/c1-7(2)10(13(14,15)12(18)19-5)21-9(16)6-20-11(17)8(3)4/h7,10H,3,6H2,1-2,4-5H3. The van der Waals surface area contributed by atoms with Gasteiger partial charge in [-0.05, 0) is 12.8 Å². The fourth-order valence-electron chi connectivity index (χ4n) is 1.30. The van der Waals surface area contributed by atoms with Crippen molar-refractivity contribution in [2.45, 2.75) is 32.8 Å². The third kappa shape index (κ3) is 5.49. The predicted molar refractivity (Wildman–Crippen MR) is 67.5 cm³/mol. The second kappa shape index (κ2) is 7.70. The number of carbonyl (C=O) groups is 3. The number of rotatable bonds is 7. The van der Waals surface area contributed by atoms with Gasteiger partial charge in [-0.15, -0.1) is 0 Å². The number of hydrogen-bond donors (Lipinski definition) is 0. The maximum atomic E-state index is 13.7. The van der Waals surface area contributed by atoms with Crippen molar-refractivity contribution < 1.29 is 37.4 Å². The zero-order valence-electron chi connectivity index (χ0n) is 12.3. The molecule has 0 aromatic carbocycles. The zero-order chi connectivity index (χ0) is 16.8. The first kappa shape index (κ1) is 19.0. The topological polar surface area (TPSA) is 78.9 Å². The Hall–Kier alpha value is -1.99. The maximum absolute atomic E-state index is 13.7. The summed E-state index contributed by atoms with van der Waals surface area (Å²) in [5.74, 6) is -8.73. The van der Waals surface area contributed by atoms with E-state index in [1.54, 1.807) is 0 Å². The minimum atomic E-state index is -4.00. The van der Waals surface area contributed by atoms with Gasteiger partial charge in [0.2, 0.25) is 0 Å². The third-order valence-electron chi connectivity index (χ3n) is 2.35. The van der Waals surface area contributed by atoms with Gasteiger partial charge in [0, 0.05) is 5.57 Å². The van der Waals surface area contributed by atoms with Crippen molar-refractivity contribution in [1.29, 1.82) is 0 Å². The van der Waals surface area contributed by atoms with E-state index in [4.69, 9.17) is 0 Å². The van der Waals surface area contributed by atoms with Crippen LogP contribution in [0.25, 0.3) is 0 Å². The molecule has 0 amide bonds. The van der Waals surface area contributed by atoms with Crippen molar-refractivity contribution >= 4 is 17.9 Å². The summed E-state index contributed by atoms with van der Waals surface area (Å²) >= 11 is 0. The summed E-state index contributed by atoms with van der Waals surface area (Å²) in [7, 11) is 0.796. The summed E-state index contributed by atoms with van der Waals surface area (Å²) in [6.07, 6.45) is -2.03. The number of carbonyl (C=O) groups excluding carboxylic acids is 3. The van der Waals surface area contributed by atoms with E-state index in [9.17, 15) is 23.2 Å². The Labute approximate surface area is 121 Å². The second-order valence-corrected chi connectivity index (χ2v) is 4.63. The van der Waals surface area contributed by atoms with Crippen molar-refractivity contribution in [3.63, 3.8) is 0 Å². The molecule has 0 aromatic heterocycles. The first-order valence-corrected chi connectivity index (χ1v) is 6.02. The minimum absolute atomic E-state index is 0.0445. The molecular weight excluding hydrogens is 290 g/mol. The van der Waals surface area contributed by atoms with Gasteiger partial charge in [0.15, 0.2) is 12.7 Å². The Bertz CT molecular complexity index is 430. The fraction of sp³-hybridized carbons (Fsp3) is 0.615. The van der Waals surface area contributed by atoms with E-state index in [0.29, 0.717) is 0 Å². The van der Waals surface area contributed by atoms with Gasteiger partial charge in [-0.25, -0.2) is 14.4 Å². The Balaban J connectivity index is 4.80. The van der Waals surface area contributed by atoms with Crippen molar-refractivity contribution in [2.24, 2.45) is 5.92 Å². The molecule has 0 radical (unpaired) electrons. The van der Waals surface area contributed by atoms with Gasteiger partial charge >= 0.3 is 23.8 Å². The number of ether oxygens (including phenoxy) is 3. The molecule has 1 unspecified atom stereocenters. The van der Waals surface area contributed by atoms with Crippen LogP contribution >= 0.6 is 0 Å². The lowest BCUT2D eigenvalue weighted by Crippen LogP contribution is -2.48. The second-order valence-electron chi connectivity index (χ2n) is 4.63. The van der Waals surface area contributed by atoms with Gasteiger partial charge < -0.3 is 14.2 Å². The number of esters is 3. The Kier molecular flexibility index (Phi) is 6.97. The first-order chi connectivity index (χ1) is 9.53. The van der Waals surface area contributed by atoms with Crippen LogP contribution in [0.3, 0.4) is 0 Å². The van der Waals surface area contributed by atoms with Gasteiger partial charge in [0.25, 0.3) is 0 Å². The van der Waals surface area contributed by atoms with E-state index in [0.717, 1.165) is 7.11 Å². The average Bonchev–Trinajstić information content (AvgIpc) is 2.40. The summed E-state index contributed by atoms with van der Waals surface area (Å²) in [6.45, 7) is 6.47. The van der Waals surface area contributed by atoms with Gasteiger partial charge in [-0.1, -0.05) is 20.4 Å². The molecule has 0 aliphatic rings. The molecule has 0 aliphatic carbocycles. The van der Waals surface area contributed by atoms with E-state index >= 15 is 0 Å². The van der Waals surface area contributed by atoms with Crippen LogP contribution in [-0.2, 0) is 28.6 Å². The number of halogens is 2. The van der Waals surface area contributed by atoms with E-state index in [-0.39, 0.29) is 5.57 Å². The predicted octanol–water partition coefficient (Wildman–Crippen LogP) is 1.48. The van der Waals surface area contributed by atoms with E-state index in [1.165, 1.54) is 20.8 Å². The van der Waals surface area contributed by atoms with Gasteiger partial charge in [0.1, 0.15) is 0 Å². The summed E-state index contributed by atoms with van der Waals surface area (Å²) in [5, 5.41) is 0. The lowest BCUT2D eigenvalue weighted by atomic mass is 10.0. The quantitative estimate of drug-likeness (QED) is 0.403. The summed E-state index contributed by atoms with van der Waals surface area (Å²) in [5.41, 5.74) is 0.0445. The minimum Gasteiger partial charge on any atom is -0.464 e. The lowest BCUT2D eigenvalue weighted by molar-refractivity contribution is -0.203. The molecule has 6 nitrogen and oxygen atoms in total. The Morgan fingerprint density at radius 2 is 1.76 bits per heavy atom. The summed E-state index contributed by atoms with van der Waals surface area (Å²) < 4.78 is 40.5. The highest BCUT2D eigenvalue weighted by Crippen LogP contribution is 2.28.